The van der Waals surface area contributed by atoms with E-state index in [-0.39, 0.29) is 0 Å². The molecule has 1 aliphatic carbocycles. The lowest BCUT2D eigenvalue weighted by Crippen LogP contribution is -2.28. The Hall–Kier alpha value is -0.0800. The zero-order chi connectivity index (χ0) is 12.3. The van der Waals surface area contributed by atoms with Crippen LogP contribution in [-0.2, 0) is 4.74 Å². The standard InChI is InChI=1S/C15H31NO/c1-3-4-5-6-7-8-9-12-16-14-10-11-15(13-14)17-2/h14-16H,3-13H2,1-2H3. The molecule has 0 spiro atoms. The van der Waals surface area contributed by atoms with Gasteiger partial charge >= 0.3 is 0 Å². The van der Waals surface area contributed by atoms with Gasteiger partial charge < -0.3 is 10.1 Å². The first-order valence-corrected chi connectivity index (χ1v) is 7.63. The second-order valence-electron chi connectivity index (χ2n) is 5.44. The number of ether oxygens (including phenoxy) is 1. The van der Waals surface area contributed by atoms with E-state index in [2.05, 4.69) is 12.2 Å². The molecule has 2 unspecified atom stereocenters. The highest BCUT2D eigenvalue weighted by Crippen LogP contribution is 2.21. The number of methoxy groups -OCH3 is 1. The summed E-state index contributed by atoms with van der Waals surface area (Å²) in [5.41, 5.74) is 0. The van der Waals surface area contributed by atoms with Gasteiger partial charge in [0.1, 0.15) is 0 Å². The Labute approximate surface area is 108 Å². The molecule has 0 aromatic rings. The van der Waals surface area contributed by atoms with Crippen LogP contribution in [0.4, 0.5) is 0 Å². The Morgan fingerprint density at radius 1 is 1.00 bits per heavy atom. The van der Waals surface area contributed by atoms with Crippen LogP contribution >= 0.6 is 0 Å². The summed E-state index contributed by atoms with van der Waals surface area (Å²) in [4.78, 5) is 0. The summed E-state index contributed by atoms with van der Waals surface area (Å²) in [5.74, 6) is 0. The van der Waals surface area contributed by atoms with E-state index < -0.39 is 0 Å². The summed E-state index contributed by atoms with van der Waals surface area (Å²) in [5, 5.41) is 3.67. The van der Waals surface area contributed by atoms with Crippen LogP contribution in [0.25, 0.3) is 0 Å². The van der Waals surface area contributed by atoms with Gasteiger partial charge in [-0.3, -0.25) is 0 Å². The van der Waals surface area contributed by atoms with Crippen LogP contribution in [0, 0.1) is 0 Å². The van der Waals surface area contributed by atoms with Crippen molar-refractivity contribution in [1.82, 2.24) is 5.32 Å². The summed E-state index contributed by atoms with van der Waals surface area (Å²) >= 11 is 0. The minimum Gasteiger partial charge on any atom is -0.381 e. The van der Waals surface area contributed by atoms with Gasteiger partial charge in [0.25, 0.3) is 0 Å². The van der Waals surface area contributed by atoms with Gasteiger partial charge in [-0.1, -0.05) is 45.4 Å². The molecule has 0 radical (unpaired) electrons. The second kappa shape index (κ2) is 9.90. The molecule has 1 saturated carbocycles. The number of nitrogens with one attached hydrogen (secondary N) is 1. The van der Waals surface area contributed by atoms with Crippen LogP contribution in [0.1, 0.15) is 71.1 Å². The first kappa shape index (κ1) is 15.0. The fraction of sp³-hybridized carbons (Fsp3) is 1.00. The quantitative estimate of drug-likeness (QED) is 0.586. The molecule has 0 saturated heterocycles. The van der Waals surface area contributed by atoms with Gasteiger partial charge in [0.05, 0.1) is 6.10 Å². The van der Waals surface area contributed by atoms with Crippen LogP contribution in [-0.4, -0.2) is 25.8 Å². The zero-order valence-corrected chi connectivity index (χ0v) is 11.8. The lowest BCUT2D eigenvalue weighted by Gasteiger charge is -2.12. The van der Waals surface area contributed by atoms with Gasteiger partial charge in [0.15, 0.2) is 0 Å². The molecular weight excluding hydrogens is 210 g/mol. The van der Waals surface area contributed by atoms with Gasteiger partial charge in [-0.15, -0.1) is 0 Å². The van der Waals surface area contributed by atoms with E-state index in [1.165, 1.54) is 70.8 Å². The third kappa shape index (κ3) is 7.05. The van der Waals surface area contributed by atoms with E-state index in [9.17, 15) is 0 Å². The third-order valence-corrected chi connectivity index (χ3v) is 3.93. The number of unbranched alkanes of at least 4 members (excludes halogenated alkanes) is 6. The maximum atomic E-state index is 5.38. The molecule has 0 bridgehead atoms. The average Bonchev–Trinajstić information content (AvgIpc) is 2.80. The summed E-state index contributed by atoms with van der Waals surface area (Å²) < 4.78 is 5.38. The summed E-state index contributed by atoms with van der Waals surface area (Å²) in [6.45, 7) is 3.48. The highest BCUT2D eigenvalue weighted by Gasteiger charge is 2.23. The van der Waals surface area contributed by atoms with Crippen LogP contribution in [0.5, 0.6) is 0 Å². The fourth-order valence-corrected chi connectivity index (χ4v) is 2.73. The summed E-state index contributed by atoms with van der Waals surface area (Å²) in [7, 11) is 1.84. The molecule has 0 heterocycles. The molecule has 0 aliphatic heterocycles. The fourth-order valence-electron chi connectivity index (χ4n) is 2.73. The van der Waals surface area contributed by atoms with E-state index in [0.29, 0.717) is 6.10 Å². The Kier molecular flexibility index (Phi) is 8.72. The van der Waals surface area contributed by atoms with E-state index in [4.69, 9.17) is 4.74 Å². The predicted molar refractivity (Wildman–Crippen MR) is 74.4 cm³/mol. The lowest BCUT2D eigenvalue weighted by molar-refractivity contribution is 0.107. The SMILES string of the molecule is CCCCCCCCCNC1CCC(OC)C1. The van der Waals surface area contributed by atoms with Crippen LogP contribution < -0.4 is 5.32 Å². The summed E-state index contributed by atoms with van der Waals surface area (Å²) in [6.07, 6.45) is 14.1. The van der Waals surface area contributed by atoms with E-state index in [0.717, 1.165) is 6.04 Å². The van der Waals surface area contributed by atoms with Gasteiger partial charge in [0, 0.05) is 13.2 Å². The monoisotopic (exact) mass is 241 g/mol. The average molecular weight is 241 g/mol. The maximum absolute atomic E-state index is 5.38. The molecular formula is C15H31NO. The molecule has 17 heavy (non-hydrogen) atoms. The van der Waals surface area contributed by atoms with Crippen molar-refractivity contribution in [3.05, 3.63) is 0 Å². The van der Waals surface area contributed by atoms with Crippen molar-refractivity contribution < 1.29 is 4.74 Å². The van der Waals surface area contributed by atoms with Crippen LogP contribution in [0.15, 0.2) is 0 Å². The molecule has 0 aromatic carbocycles. The molecule has 1 fully saturated rings. The predicted octanol–water partition coefficient (Wildman–Crippen LogP) is 3.89. The second-order valence-corrected chi connectivity index (χ2v) is 5.44. The Balaban J connectivity index is 1.81. The van der Waals surface area contributed by atoms with Crippen molar-refractivity contribution >= 4 is 0 Å². The maximum Gasteiger partial charge on any atom is 0.0586 e. The van der Waals surface area contributed by atoms with Crippen molar-refractivity contribution in [2.24, 2.45) is 0 Å². The van der Waals surface area contributed by atoms with Crippen molar-refractivity contribution in [2.75, 3.05) is 13.7 Å². The van der Waals surface area contributed by atoms with Crippen molar-refractivity contribution in [1.29, 1.82) is 0 Å². The van der Waals surface area contributed by atoms with E-state index in [1.807, 2.05) is 7.11 Å². The van der Waals surface area contributed by atoms with E-state index in [1.54, 1.807) is 0 Å². The molecule has 1 N–H and O–H groups in total. The Bertz CT molecular complexity index is 172. The minimum atomic E-state index is 0.515. The van der Waals surface area contributed by atoms with Crippen molar-refractivity contribution in [3.8, 4) is 0 Å². The largest absolute Gasteiger partial charge is 0.381 e. The normalized spacial score (nSPS) is 24.4. The van der Waals surface area contributed by atoms with Crippen LogP contribution in [0.3, 0.4) is 0 Å². The molecule has 1 rings (SSSR count). The van der Waals surface area contributed by atoms with Crippen molar-refractivity contribution in [2.45, 2.75) is 83.3 Å². The molecule has 2 nitrogen and oxygen atoms in total. The van der Waals surface area contributed by atoms with Gasteiger partial charge in [-0.2, -0.15) is 0 Å². The highest BCUT2D eigenvalue weighted by atomic mass is 16.5. The van der Waals surface area contributed by atoms with Crippen molar-refractivity contribution in [3.63, 3.8) is 0 Å². The minimum absolute atomic E-state index is 0.515. The summed E-state index contributed by atoms with van der Waals surface area (Å²) in [6, 6.07) is 0.722. The Morgan fingerprint density at radius 2 is 1.71 bits per heavy atom. The smallest absolute Gasteiger partial charge is 0.0586 e. The highest BCUT2D eigenvalue weighted by molar-refractivity contribution is 4.80. The molecule has 0 aromatic heterocycles. The van der Waals surface area contributed by atoms with E-state index >= 15 is 0 Å². The third-order valence-electron chi connectivity index (χ3n) is 3.93. The Morgan fingerprint density at radius 3 is 2.35 bits per heavy atom. The lowest BCUT2D eigenvalue weighted by atomic mass is 10.1. The molecule has 0 amide bonds. The first-order valence-electron chi connectivity index (χ1n) is 7.63. The van der Waals surface area contributed by atoms with Crippen LogP contribution in [0.2, 0.25) is 0 Å². The number of hydrogen-bond acceptors (Lipinski definition) is 2. The topological polar surface area (TPSA) is 21.3 Å². The van der Waals surface area contributed by atoms with Gasteiger partial charge in [-0.25, -0.2) is 0 Å². The molecule has 102 valence electrons. The molecule has 2 atom stereocenters. The number of hydrogen-bond donors (Lipinski definition) is 1. The van der Waals surface area contributed by atoms with Gasteiger partial charge in [-0.05, 0) is 32.2 Å². The first-order chi connectivity index (χ1) is 8.36. The zero-order valence-electron chi connectivity index (χ0n) is 11.8. The number of rotatable bonds is 10. The van der Waals surface area contributed by atoms with Gasteiger partial charge in [0.2, 0.25) is 0 Å². The molecule has 2 heteroatoms. The molecule has 1 aliphatic rings.